The summed E-state index contributed by atoms with van der Waals surface area (Å²) in [4.78, 5) is 0. The molecule has 0 fully saturated rings. The molecule has 0 saturated heterocycles. The van der Waals surface area contributed by atoms with Crippen LogP contribution in [-0.2, 0) is 0 Å². The van der Waals surface area contributed by atoms with Gasteiger partial charge in [-0.2, -0.15) is 4.39 Å². The van der Waals surface area contributed by atoms with Crippen molar-refractivity contribution in [2.45, 2.75) is 6.92 Å². The molecule has 0 aliphatic rings. The minimum Gasteiger partial charge on any atom is -0.491 e. The molecule has 0 amide bonds. The molecule has 0 radical (unpaired) electrons. The topological polar surface area (TPSA) is 9.23 Å². The van der Waals surface area contributed by atoms with Gasteiger partial charge in [0.1, 0.15) is 0 Å². The quantitative estimate of drug-likeness (QED) is 0.214. The Kier molecular flexibility index (Phi) is 6.59. The lowest BCUT2D eigenvalue weighted by Crippen LogP contribution is -1.98. The largest absolute Gasteiger partial charge is 0.491 e. The van der Waals surface area contributed by atoms with Crippen molar-refractivity contribution in [3.8, 4) is 28.0 Å². The zero-order valence-electron chi connectivity index (χ0n) is 17.8. The first-order valence-corrected chi connectivity index (χ1v) is 10.4. The molecule has 4 aromatic rings. The molecule has 0 bridgehead atoms. The maximum absolute atomic E-state index is 14.6. The highest BCUT2D eigenvalue weighted by Crippen LogP contribution is 2.31. The summed E-state index contributed by atoms with van der Waals surface area (Å²) in [5, 5.41) is 0. The van der Waals surface area contributed by atoms with E-state index in [0.717, 1.165) is 0 Å². The summed E-state index contributed by atoms with van der Waals surface area (Å²) < 4.78 is 62.8. The molecule has 0 spiro atoms. The Morgan fingerprint density at radius 2 is 1.21 bits per heavy atom. The Hall–Kier alpha value is -3.86. The molecule has 0 saturated carbocycles. The van der Waals surface area contributed by atoms with Gasteiger partial charge >= 0.3 is 0 Å². The van der Waals surface area contributed by atoms with Gasteiger partial charge in [0.25, 0.3) is 0 Å². The summed E-state index contributed by atoms with van der Waals surface area (Å²) in [7, 11) is 0. The molecule has 4 rings (SSSR count). The van der Waals surface area contributed by atoms with E-state index in [-0.39, 0.29) is 29.0 Å². The predicted octanol–water partition coefficient (Wildman–Crippen LogP) is 8.15. The maximum atomic E-state index is 14.6. The van der Waals surface area contributed by atoms with E-state index in [0.29, 0.717) is 16.7 Å². The van der Waals surface area contributed by atoms with Gasteiger partial charge in [-0.15, -0.1) is 0 Å². The van der Waals surface area contributed by atoms with Gasteiger partial charge in [0, 0.05) is 16.7 Å². The Morgan fingerprint density at radius 3 is 1.88 bits per heavy atom. The monoisotopic (exact) mass is 448 g/mol. The fourth-order valence-electron chi connectivity index (χ4n) is 3.52. The SMILES string of the molecule is CCOc1ccc(-c2ccc(/C=C/c3ccc(-c4ccccc4)c(F)c3F)cc2)c(F)c1F. The molecule has 5 heteroatoms. The number of ether oxygens (including phenoxy) is 1. The van der Waals surface area contributed by atoms with E-state index in [4.69, 9.17) is 4.74 Å². The van der Waals surface area contributed by atoms with E-state index in [2.05, 4.69) is 0 Å². The summed E-state index contributed by atoms with van der Waals surface area (Å²) in [5.74, 6) is -4.00. The van der Waals surface area contributed by atoms with Crippen LogP contribution >= 0.6 is 0 Å². The Labute approximate surface area is 189 Å². The number of halogens is 4. The molecule has 0 aliphatic heterocycles. The summed E-state index contributed by atoms with van der Waals surface area (Å²) in [6.07, 6.45) is 3.10. The maximum Gasteiger partial charge on any atom is 0.201 e. The van der Waals surface area contributed by atoms with E-state index >= 15 is 0 Å². The van der Waals surface area contributed by atoms with E-state index in [1.54, 1.807) is 73.7 Å². The molecule has 0 aromatic heterocycles. The first-order chi connectivity index (χ1) is 16.0. The molecular formula is C28H20F4O. The third-order valence-electron chi connectivity index (χ3n) is 5.22. The second-order valence-electron chi connectivity index (χ2n) is 7.32. The zero-order chi connectivity index (χ0) is 23.4. The average Bonchev–Trinajstić information content (AvgIpc) is 2.84. The fourth-order valence-corrected chi connectivity index (χ4v) is 3.52. The summed E-state index contributed by atoms with van der Waals surface area (Å²) in [6.45, 7) is 1.92. The van der Waals surface area contributed by atoms with Crippen LogP contribution in [0.4, 0.5) is 17.6 Å². The molecule has 0 heterocycles. The van der Waals surface area contributed by atoms with Crippen LogP contribution in [0.1, 0.15) is 18.1 Å². The first kappa shape index (κ1) is 22.3. The van der Waals surface area contributed by atoms with E-state index < -0.39 is 23.3 Å². The summed E-state index contributed by atoms with van der Waals surface area (Å²) in [5.41, 5.74) is 2.18. The third-order valence-corrected chi connectivity index (χ3v) is 5.22. The van der Waals surface area contributed by atoms with Gasteiger partial charge in [-0.05, 0) is 35.7 Å². The van der Waals surface area contributed by atoms with Crippen molar-refractivity contribution in [1.82, 2.24) is 0 Å². The van der Waals surface area contributed by atoms with Crippen LogP contribution in [0.2, 0.25) is 0 Å². The lowest BCUT2D eigenvalue weighted by molar-refractivity contribution is 0.314. The van der Waals surface area contributed by atoms with Gasteiger partial charge < -0.3 is 4.74 Å². The van der Waals surface area contributed by atoms with Crippen LogP contribution in [0, 0.1) is 23.3 Å². The third kappa shape index (κ3) is 4.67. The Bertz CT molecular complexity index is 1300. The van der Waals surface area contributed by atoms with E-state index in [9.17, 15) is 17.6 Å². The van der Waals surface area contributed by atoms with Crippen LogP contribution in [0.5, 0.6) is 5.75 Å². The second kappa shape index (κ2) is 9.74. The average molecular weight is 448 g/mol. The summed E-state index contributed by atoms with van der Waals surface area (Å²) >= 11 is 0. The molecule has 1 nitrogen and oxygen atoms in total. The normalized spacial score (nSPS) is 11.2. The second-order valence-corrected chi connectivity index (χ2v) is 7.32. The number of benzene rings is 4. The highest BCUT2D eigenvalue weighted by atomic mass is 19.2. The molecule has 166 valence electrons. The smallest absolute Gasteiger partial charge is 0.201 e. The van der Waals surface area contributed by atoms with Crippen LogP contribution in [0.15, 0.2) is 78.9 Å². The van der Waals surface area contributed by atoms with Gasteiger partial charge in [-0.25, -0.2) is 13.2 Å². The van der Waals surface area contributed by atoms with E-state index in [1.807, 2.05) is 0 Å². The zero-order valence-corrected chi connectivity index (χ0v) is 17.8. The molecule has 33 heavy (non-hydrogen) atoms. The molecular weight excluding hydrogens is 428 g/mol. The molecule has 0 N–H and O–H groups in total. The van der Waals surface area contributed by atoms with Crippen molar-refractivity contribution in [3.63, 3.8) is 0 Å². The standard InChI is InChI=1S/C28H20F4O/c1-2-33-24-17-16-23(27(31)28(24)32)20-11-8-18(9-12-20)10-13-21-14-15-22(26(30)25(21)29)19-6-4-3-5-7-19/h3-17H,2H2,1H3/b13-10+. The van der Waals surface area contributed by atoms with Gasteiger partial charge in [-0.3, -0.25) is 0 Å². The van der Waals surface area contributed by atoms with Crippen LogP contribution in [0.3, 0.4) is 0 Å². The van der Waals surface area contributed by atoms with Crippen molar-refractivity contribution in [2.75, 3.05) is 6.61 Å². The van der Waals surface area contributed by atoms with Gasteiger partial charge in [-0.1, -0.05) is 78.9 Å². The van der Waals surface area contributed by atoms with E-state index in [1.165, 1.54) is 24.3 Å². The Balaban J connectivity index is 1.56. The van der Waals surface area contributed by atoms with Crippen LogP contribution in [0.25, 0.3) is 34.4 Å². The van der Waals surface area contributed by atoms with Crippen LogP contribution < -0.4 is 4.74 Å². The first-order valence-electron chi connectivity index (χ1n) is 10.4. The number of hydrogen-bond donors (Lipinski definition) is 0. The van der Waals surface area contributed by atoms with Crippen molar-refractivity contribution in [1.29, 1.82) is 0 Å². The molecule has 0 aliphatic carbocycles. The molecule has 4 aromatic carbocycles. The predicted molar refractivity (Wildman–Crippen MR) is 124 cm³/mol. The van der Waals surface area contributed by atoms with Crippen molar-refractivity contribution in [3.05, 3.63) is 113 Å². The molecule has 0 unspecified atom stereocenters. The lowest BCUT2D eigenvalue weighted by Gasteiger charge is -2.09. The number of rotatable bonds is 6. The highest BCUT2D eigenvalue weighted by molar-refractivity contribution is 5.74. The van der Waals surface area contributed by atoms with Crippen molar-refractivity contribution in [2.24, 2.45) is 0 Å². The van der Waals surface area contributed by atoms with Crippen molar-refractivity contribution >= 4 is 12.2 Å². The molecule has 0 atom stereocenters. The van der Waals surface area contributed by atoms with Gasteiger partial charge in [0.2, 0.25) is 5.82 Å². The minimum atomic E-state index is -1.03. The summed E-state index contributed by atoms with van der Waals surface area (Å²) in [6, 6.07) is 21.3. The fraction of sp³-hybridized carbons (Fsp3) is 0.0714. The highest BCUT2D eigenvalue weighted by Gasteiger charge is 2.16. The lowest BCUT2D eigenvalue weighted by atomic mass is 10.0. The number of hydrogen-bond acceptors (Lipinski definition) is 1. The minimum absolute atomic E-state index is 0.107. The van der Waals surface area contributed by atoms with Crippen molar-refractivity contribution < 1.29 is 22.3 Å². The van der Waals surface area contributed by atoms with Gasteiger partial charge in [0.05, 0.1) is 6.61 Å². The van der Waals surface area contributed by atoms with Crippen LogP contribution in [-0.4, -0.2) is 6.61 Å². The Morgan fingerprint density at radius 1 is 0.606 bits per heavy atom. The van der Waals surface area contributed by atoms with Gasteiger partial charge in [0.15, 0.2) is 23.2 Å².